The Bertz CT molecular complexity index is 1060. The molecule has 1 N–H and O–H groups in total. The highest BCUT2D eigenvalue weighted by Crippen LogP contribution is 2.25. The molecule has 0 fully saturated rings. The fraction of sp³-hybridized carbons (Fsp3) is 0.0667. The zero-order chi connectivity index (χ0) is 18.2. The molecular formula is C15H11BrClFN4O2S. The van der Waals surface area contributed by atoms with Crippen LogP contribution in [0.15, 0.2) is 52.2 Å². The zero-order valence-electron chi connectivity index (χ0n) is 12.7. The highest BCUT2D eigenvalue weighted by atomic mass is 79.9. The van der Waals surface area contributed by atoms with E-state index in [9.17, 15) is 12.8 Å². The van der Waals surface area contributed by atoms with E-state index in [1.807, 2.05) is 6.92 Å². The van der Waals surface area contributed by atoms with Crippen LogP contribution >= 0.6 is 27.5 Å². The lowest BCUT2D eigenvalue weighted by Gasteiger charge is -2.10. The van der Waals surface area contributed by atoms with Gasteiger partial charge in [-0.25, -0.2) is 22.5 Å². The zero-order valence-corrected chi connectivity index (χ0v) is 15.9. The van der Waals surface area contributed by atoms with Gasteiger partial charge in [0.25, 0.3) is 10.0 Å². The molecule has 2 aromatic heterocycles. The Labute approximate surface area is 156 Å². The smallest absolute Gasteiger partial charge is 0.262 e. The number of nitrogens with zero attached hydrogens (tertiary/aromatic N) is 3. The summed E-state index contributed by atoms with van der Waals surface area (Å²) < 4.78 is 43.3. The quantitative estimate of drug-likeness (QED) is 0.617. The lowest BCUT2D eigenvalue weighted by molar-refractivity contribution is 0.590. The van der Waals surface area contributed by atoms with Crippen LogP contribution in [0.3, 0.4) is 0 Å². The van der Waals surface area contributed by atoms with Gasteiger partial charge in [-0.05, 0) is 52.7 Å². The number of pyridine rings is 1. The van der Waals surface area contributed by atoms with E-state index >= 15 is 0 Å². The minimum atomic E-state index is -3.98. The number of hydrogen-bond acceptors (Lipinski definition) is 4. The van der Waals surface area contributed by atoms with Crippen molar-refractivity contribution >= 4 is 43.2 Å². The van der Waals surface area contributed by atoms with Gasteiger partial charge in [-0.3, -0.25) is 4.72 Å². The maximum absolute atomic E-state index is 14.3. The van der Waals surface area contributed by atoms with Crippen molar-refractivity contribution in [3.8, 4) is 5.69 Å². The summed E-state index contributed by atoms with van der Waals surface area (Å²) in [6, 6.07) is 5.06. The van der Waals surface area contributed by atoms with Gasteiger partial charge in [0.1, 0.15) is 16.7 Å². The van der Waals surface area contributed by atoms with Crippen molar-refractivity contribution in [3.05, 3.63) is 63.9 Å². The predicted molar refractivity (Wildman–Crippen MR) is 96.0 cm³/mol. The van der Waals surface area contributed by atoms with E-state index in [1.165, 1.54) is 29.1 Å². The van der Waals surface area contributed by atoms with E-state index in [1.54, 1.807) is 12.4 Å². The van der Waals surface area contributed by atoms with Crippen LogP contribution in [0.2, 0.25) is 5.15 Å². The summed E-state index contributed by atoms with van der Waals surface area (Å²) in [7, 11) is -3.98. The topological polar surface area (TPSA) is 76.9 Å². The summed E-state index contributed by atoms with van der Waals surface area (Å²) in [5.74, 6) is -0.707. The first-order valence-electron chi connectivity index (χ1n) is 6.91. The van der Waals surface area contributed by atoms with Crippen LogP contribution < -0.4 is 4.72 Å². The van der Waals surface area contributed by atoms with Crippen LogP contribution in [-0.2, 0) is 10.0 Å². The lowest BCUT2D eigenvalue weighted by atomic mass is 10.3. The third-order valence-corrected chi connectivity index (χ3v) is 5.75. The molecule has 10 heteroatoms. The van der Waals surface area contributed by atoms with Crippen molar-refractivity contribution in [2.75, 3.05) is 4.72 Å². The van der Waals surface area contributed by atoms with E-state index in [-0.39, 0.29) is 21.4 Å². The molecule has 0 aliphatic heterocycles. The number of benzene rings is 1. The molecule has 0 saturated heterocycles. The van der Waals surface area contributed by atoms with E-state index < -0.39 is 15.8 Å². The average molecular weight is 446 g/mol. The highest BCUT2D eigenvalue weighted by molar-refractivity contribution is 9.10. The van der Waals surface area contributed by atoms with E-state index in [2.05, 4.69) is 30.7 Å². The molecule has 6 nitrogen and oxygen atoms in total. The maximum Gasteiger partial charge on any atom is 0.262 e. The fourth-order valence-corrected chi connectivity index (χ4v) is 3.57. The first-order chi connectivity index (χ1) is 11.8. The minimum absolute atomic E-state index is 0.156. The van der Waals surface area contributed by atoms with Crippen LogP contribution in [0.4, 0.5) is 10.1 Å². The highest BCUT2D eigenvalue weighted by Gasteiger charge is 2.18. The second kappa shape index (κ2) is 6.74. The van der Waals surface area contributed by atoms with Crippen molar-refractivity contribution in [1.29, 1.82) is 0 Å². The summed E-state index contributed by atoms with van der Waals surface area (Å²) in [5.41, 5.74) is 1.21. The van der Waals surface area contributed by atoms with Gasteiger partial charge in [0, 0.05) is 6.20 Å². The molecule has 0 aliphatic rings. The number of hydrogen-bond donors (Lipinski definition) is 1. The predicted octanol–water partition coefficient (Wildman–Crippen LogP) is 3.93. The average Bonchev–Trinajstić information content (AvgIpc) is 2.97. The molecule has 0 amide bonds. The van der Waals surface area contributed by atoms with Crippen molar-refractivity contribution in [3.63, 3.8) is 0 Å². The molecule has 3 rings (SSSR count). The number of aryl methyl sites for hydroxylation is 1. The standard InChI is InChI=1S/C15H11BrClFN4O2S/c1-9-6-20-22(8-9)14-3-2-11(5-13(14)18)25(23,24)21-10-4-12(16)15(17)19-7-10/h2-8,21H,1H3. The molecule has 0 unspecified atom stereocenters. The van der Waals surface area contributed by atoms with Crippen LogP contribution in [0.5, 0.6) is 0 Å². The van der Waals surface area contributed by atoms with E-state index in [0.29, 0.717) is 4.47 Å². The SMILES string of the molecule is Cc1cnn(-c2ccc(S(=O)(=O)Nc3cnc(Cl)c(Br)c3)cc2F)c1. The van der Waals surface area contributed by atoms with Gasteiger partial charge in [0.15, 0.2) is 0 Å². The summed E-state index contributed by atoms with van der Waals surface area (Å²) in [5, 5.41) is 4.21. The molecule has 0 spiro atoms. The molecule has 3 aromatic rings. The number of rotatable bonds is 4. The second-order valence-corrected chi connectivity index (χ2v) is 8.07. The van der Waals surface area contributed by atoms with Crippen molar-refractivity contribution < 1.29 is 12.8 Å². The fourth-order valence-electron chi connectivity index (χ4n) is 2.08. The van der Waals surface area contributed by atoms with Gasteiger partial charge >= 0.3 is 0 Å². The summed E-state index contributed by atoms with van der Waals surface area (Å²) in [6.07, 6.45) is 4.49. The number of aromatic nitrogens is 3. The number of sulfonamides is 1. The Morgan fingerprint density at radius 3 is 2.64 bits per heavy atom. The lowest BCUT2D eigenvalue weighted by Crippen LogP contribution is -2.14. The second-order valence-electron chi connectivity index (χ2n) is 5.18. The van der Waals surface area contributed by atoms with Crippen LogP contribution in [0.25, 0.3) is 5.69 Å². The Balaban J connectivity index is 1.92. The molecule has 25 heavy (non-hydrogen) atoms. The van der Waals surface area contributed by atoms with E-state index in [4.69, 9.17) is 11.6 Å². The van der Waals surface area contributed by atoms with Gasteiger partial charge in [-0.2, -0.15) is 5.10 Å². The summed E-state index contributed by atoms with van der Waals surface area (Å²) in [6.45, 7) is 1.82. The molecule has 0 atom stereocenters. The molecular weight excluding hydrogens is 435 g/mol. The molecule has 130 valence electrons. The minimum Gasteiger partial charge on any atom is -0.278 e. The molecule has 0 bridgehead atoms. The van der Waals surface area contributed by atoms with Gasteiger partial charge < -0.3 is 0 Å². The van der Waals surface area contributed by atoms with Gasteiger partial charge in [0.2, 0.25) is 0 Å². The Kier molecular flexibility index (Phi) is 4.81. The van der Waals surface area contributed by atoms with Crippen molar-refractivity contribution in [2.24, 2.45) is 0 Å². The van der Waals surface area contributed by atoms with Crippen molar-refractivity contribution in [1.82, 2.24) is 14.8 Å². The van der Waals surface area contributed by atoms with Crippen LogP contribution in [-0.4, -0.2) is 23.2 Å². The van der Waals surface area contributed by atoms with Gasteiger partial charge in [0.05, 0.1) is 27.4 Å². The monoisotopic (exact) mass is 444 g/mol. The first kappa shape index (κ1) is 17.8. The molecule has 0 radical (unpaired) electrons. The largest absolute Gasteiger partial charge is 0.278 e. The molecule has 1 aromatic carbocycles. The summed E-state index contributed by atoms with van der Waals surface area (Å²) in [4.78, 5) is 3.62. The molecule has 2 heterocycles. The number of nitrogens with one attached hydrogen (secondary N) is 1. The first-order valence-corrected chi connectivity index (χ1v) is 9.57. The number of halogens is 3. The van der Waals surface area contributed by atoms with Crippen molar-refractivity contribution in [2.45, 2.75) is 11.8 Å². The third-order valence-electron chi connectivity index (χ3n) is 3.24. The summed E-state index contributed by atoms with van der Waals surface area (Å²) >= 11 is 8.93. The normalized spacial score (nSPS) is 11.5. The van der Waals surface area contributed by atoms with Gasteiger partial charge in [-0.15, -0.1) is 0 Å². The van der Waals surface area contributed by atoms with Crippen LogP contribution in [0, 0.1) is 12.7 Å². The Hall–Kier alpha value is -1.97. The van der Waals surface area contributed by atoms with Crippen LogP contribution in [0.1, 0.15) is 5.56 Å². The number of anilines is 1. The molecule has 0 saturated carbocycles. The Morgan fingerprint density at radius 2 is 2.04 bits per heavy atom. The third kappa shape index (κ3) is 3.83. The maximum atomic E-state index is 14.3. The van der Waals surface area contributed by atoms with Gasteiger partial charge in [-0.1, -0.05) is 11.6 Å². The van der Waals surface area contributed by atoms with E-state index in [0.717, 1.165) is 11.6 Å². The molecule has 0 aliphatic carbocycles. The Morgan fingerprint density at radius 1 is 1.28 bits per heavy atom.